The number of aromatic nitrogens is 2. The van der Waals surface area contributed by atoms with Crippen LogP contribution in [0.3, 0.4) is 0 Å². The van der Waals surface area contributed by atoms with Crippen LogP contribution in [0.15, 0.2) is 53.6 Å². The van der Waals surface area contributed by atoms with Gasteiger partial charge in [-0.05, 0) is 85.7 Å². The number of ether oxygens (including phenoxy) is 1. The van der Waals surface area contributed by atoms with Gasteiger partial charge in [-0.1, -0.05) is 17.7 Å². The van der Waals surface area contributed by atoms with Crippen LogP contribution in [0, 0.1) is 11.6 Å². The maximum Gasteiger partial charge on any atom is 0.262 e. The van der Waals surface area contributed by atoms with Crippen molar-refractivity contribution in [2.24, 2.45) is 0 Å². The second-order valence-corrected chi connectivity index (χ2v) is 13.7. The fourth-order valence-electron chi connectivity index (χ4n) is 6.11. The molecular weight excluding hydrogens is 624 g/mol. The topological polar surface area (TPSA) is 117 Å². The first-order valence-electron chi connectivity index (χ1n) is 14.8. The number of benzene rings is 3. The fraction of sp³-hybridized carbons (Fsp3) is 0.375. The van der Waals surface area contributed by atoms with E-state index in [0.717, 1.165) is 44.6 Å². The van der Waals surface area contributed by atoms with Gasteiger partial charge in [-0.25, -0.2) is 27.2 Å². The van der Waals surface area contributed by atoms with Crippen LogP contribution in [0.5, 0.6) is 0 Å². The quantitative estimate of drug-likeness (QED) is 0.203. The molecule has 0 amide bonds. The second-order valence-electron chi connectivity index (χ2n) is 11.6. The number of aliphatic hydroxyl groups excluding tert-OH is 1. The van der Waals surface area contributed by atoms with Crippen molar-refractivity contribution in [1.29, 1.82) is 0 Å². The lowest BCUT2D eigenvalue weighted by atomic mass is 10.0. The monoisotopic (exact) mass is 657 g/mol. The van der Waals surface area contributed by atoms with E-state index in [2.05, 4.69) is 31.8 Å². The average Bonchev–Trinajstić information content (AvgIpc) is 3.39. The van der Waals surface area contributed by atoms with Crippen LogP contribution >= 0.6 is 11.6 Å². The van der Waals surface area contributed by atoms with Crippen LogP contribution in [-0.2, 0) is 21.2 Å². The van der Waals surface area contributed by atoms with Gasteiger partial charge >= 0.3 is 0 Å². The summed E-state index contributed by atoms with van der Waals surface area (Å²) in [5.41, 5.74) is 0.841. The highest BCUT2D eigenvalue weighted by molar-refractivity contribution is 7.92. The largest absolute Gasteiger partial charge is 0.388 e. The van der Waals surface area contributed by atoms with Crippen LogP contribution in [0.1, 0.15) is 43.4 Å². The summed E-state index contributed by atoms with van der Waals surface area (Å²) in [4.78, 5) is 11.3. The summed E-state index contributed by atoms with van der Waals surface area (Å²) in [6.45, 7) is 4.83. The third-order valence-corrected chi connectivity index (χ3v) is 10.2. The minimum Gasteiger partial charge on any atom is -0.388 e. The number of sulfonamides is 1. The number of hydrogen-bond donors (Lipinski definition) is 3. The number of nitrogens with one attached hydrogen (secondary N) is 2. The highest BCUT2D eigenvalue weighted by Gasteiger charge is 2.30. The Morgan fingerprint density at radius 1 is 1.13 bits per heavy atom. The second kappa shape index (κ2) is 12.8. The lowest BCUT2D eigenvalue weighted by molar-refractivity contribution is 0.0686. The van der Waals surface area contributed by atoms with E-state index < -0.39 is 33.4 Å². The van der Waals surface area contributed by atoms with Crippen molar-refractivity contribution >= 4 is 44.2 Å². The van der Waals surface area contributed by atoms with Crippen molar-refractivity contribution in [2.45, 2.75) is 55.8 Å². The molecule has 3 aromatic carbocycles. The SMILES string of the molecule is COC(C)CN1CCC(Nc2ncc3cc(-c4c(F)ccc(NS(=O)(=O)c5cc(Cl)cc6c5CC[C@H]6O)c4F)ccc3n2)CC1. The fourth-order valence-corrected chi connectivity index (χ4v) is 7.78. The maximum atomic E-state index is 15.8. The number of halogens is 3. The molecule has 238 valence electrons. The summed E-state index contributed by atoms with van der Waals surface area (Å²) < 4.78 is 65.3. The molecular formula is C32H34ClF2N5O4S. The number of hydrogen-bond acceptors (Lipinski definition) is 8. The van der Waals surface area contributed by atoms with Crippen molar-refractivity contribution in [1.82, 2.24) is 14.9 Å². The predicted octanol–water partition coefficient (Wildman–Crippen LogP) is 5.92. The smallest absolute Gasteiger partial charge is 0.262 e. The summed E-state index contributed by atoms with van der Waals surface area (Å²) in [7, 11) is -2.61. The van der Waals surface area contributed by atoms with E-state index in [4.69, 9.17) is 16.3 Å². The van der Waals surface area contributed by atoms with Gasteiger partial charge in [-0.2, -0.15) is 0 Å². The number of anilines is 2. The van der Waals surface area contributed by atoms with Crippen LogP contribution in [0.4, 0.5) is 20.4 Å². The highest BCUT2D eigenvalue weighted by atomic mass is 35.5. The van der Waals surface area contributed by atoms with E-state index in [9.17, 15) is 13.5 Å². The van der Waals surface area contributed by atoms with Gasteiger partial charge in [0.15, 0.2) is 5.82 Å². The Hall–Kier alpha value is -3.42. The number of aliphatic hydroxyl groups is 1. The molecule has 0 saturated carbocycles. The molecule has 45 heavy (non-hydrogen) atoms. The summed E-state index contributed by atoms with van der Waals surface area (Å²) in [6, 6.07) is 9.83. The Kier molecular flexibility index (Phi) is 8.95. The zero-order valence-corrected chi connectivity index (χ0v) is 26.4. The van der Waals surface area contributed by atoms with Gasteiger partial charge in [0.1, 0.15) is 5.82 Å². The molecule has 1 unspecified atom stereocenters. The third kappa shape index (κ3) is 6.61. The van der Waals surface area contributed by atoms with Gasteiger partial charge in [-0.15, -0.1) is 0 Å². The maximum absolute atomic E-state index is 15.8. The molecule has 0 radical (unpaired) electrons. The van der Waals surface area contributed by atoms with Gasteiger partial charge < -0.3 is 20.1 Å². The van der Waals surface area contributed by atoms with E-state index >= 15 is 8.78 Å². The number of rotatable bonds is 9. The molecule has 13 heteroatoms. The highest BCUT2D eigenvalue weighted by Crippen LogP contribution is 2.39. The Morgan fingerprint density at radius 2 is 1.91 bits per heavy atom. The standard InChI is InChI=1S/C32H34ClF2N5O4S/c1-18(44-2)17-40-11-9-22(10-12-40)37-32-36-16-20-13-19(3-6-26(20)38-32)30-25(34)5-7-27(31(30)35)39-45(42,43)29-15-21(33)14-24-23(29)4-8-28(24)41/h3,5-7,13-16,18,22,28,39,41H,4,8-12,17H2,1-2H3,(H,36,37,38)/t18?,28-/m1/s1. The Morgan fingerprint density at radius 3 is 2.67 bits per heavy atom. The van der Waals surface area contributed by atoms with Crippen molar-refractivity contribution in [3.05, 3.63) is 76.4 Å². The normalized spacial score (nSPS) is 18.2. The molecule has 4 aromatic rings. The van der Waals surface area contributed by atoms with Crippen LogP contribution in [0.2, 0.25) is 5.02 Å². The molecule has 1 fully saturated rings. The van der Waals surface area contributed by atoms with Gasteiger partial charge in [0, 0.05) is 49.4 Å². The Balaban J connectivity index is 1.21. The van der Waals surface area contributed by atoms with Crippen molar-refractivity contribution < 1.29 is 27.0 Å². The van der Waals surface area contributed by atoms with Crippen molar-refractivity contribution in [3.8, 4) is 11.1 Å². The van der Waals surface area contributed by atoms with E-state index in [-0.39, 0.29) is 33.2 Å². The summed E-state index contributed by atoms with van der Waals surface area (Å²) in [5.74, 6) is -1.44. The molecule has 9 nitrogen and oxygen atoms in total. The molecule has 2 aliphatic rings. The molecule has 2 heterocycles. The molecule has 1 aliphatic carbocycles. The number of piperidine rings is 1. The minimum atomic E-state index is -4.32. The molecule has 2 atom stereocenters. The lowest BCUT2D eigenvalue weighted by Crippen LogP contribution is -2.42. The number of nitrogens with zero attached hydrogens (tertiary/aromatic N) is 3. The Labute approximate surface area is 265 Å². The first-order valence-corrected chi connectivity index (χ1v) is 16.7. The summed E-state index contributed by atoms with van der Waals surface area (Å²) in [6.07, 6.45) is 3.51. The molecule has 0 bridgehead atoms. The van der Waals surface area contributed by atoms with E-state index in [1.165, 1.54) is 12.1 Å². The van der Waals surface area contributed by atoms with Crippen LogP contribution in [0.25, 0.3) is 22.0 Å². The molecule has 1 saturated heterocycles. The number of fused-ring (bicyclic) bond motifs is 2. The molecule has 6 rings (SSSR count). The van der Waals surface area contributed by atoms with E-state index in [0.29, 0.717) is 40.8 Å². The van der Waals surface area contributed by atoms with Crippen LogP contribution < -0.4 is 10.0 Å². The van der Waals surface area contributed by atoms with Gasteiger partial charge in [0.05, 0.1) is 33.9 Å². The molecule has 3 N–H and O–H groups in total. The van der Waals surface area contributed by atoms with E-state index in [1.54, 1.807) is 31.5 Å². The van der Waals surface area contributed by atoms with Gasteiger partial charge in [0.2, 0.25) is 5.95 Å². The zero-order chi connectivity index (χ0) is 31.9. The number of methoxy groups -OCH3 is 1. The third-order valence-electron chi connectivity index (χ3n) is 8.57. The molecule has 1 aromatic heterocycles. The van der Waals surface area contributed by atoms with Crippen molar-refractivity contribution in [3.63, 3.8) is 0 Å². The molecule has 1 aliphatic heterocycles. The predicted molar refractivity (Wildman–Crippen MR) is 170 cm³/mol. The summed E-state index contributed by atoms with van der Waals surface area (Å²) in [5, 5.41) is 14.3. The van der Waals surface area contributed by atoms with Gasteiger partial charge in [0.25, 0.3) is 10.0 Å². The van der Waals surface area contributed by atoms with Gasteiger partial charge in [-0.3, -0.25) is 4.72 Å². The molecule has 0 spiro atoms. The van der Waals surface area contributed by atoms with Crippen LogP contribution in [-0.4, -0.2) is 67.3 Å². The van der Waals surface area contributed by atoms with Crippen molar-refractivity contribution in [2.75, 3.05) is 36.8 Å². The average molecular weight is 658 g/mol. The first kappa shape index (κ1) is 31.6. The first-order chi connectivity index (χ1) is 21.5. The lowest BCUT2D eigenvalue weighted by Gasteiger charge is -2.33. The summed E-state index contributed by atoms with van der Waals surface area (Å²) >= 11 is 6.14. The Bertz CT molecular complexity index is 1850. The van der Waals surface area contributed by atoms with E-state index in [1.807, 2.05) is 0 Å². The zero-order valence-electron chi connectivity index (χ0n) is 24.9. The minimum absolute atomic E-state index is 0.130. The number of likely N-dealkylation sites (tertiary alicyclic amines) is 1.